The Kier molecular flexibility index (Phi) is 17.9. The SMILES string of the molecule is CCCCC/C=C\C/C=C\C/C=C\C/C=C\CCCBr. The molecule has 0 aliphatic rings. The van der Waals surface area contributed by atoms with Gasteiger partial charge in [0, 0.05) is 5.33 Å². The Hall–Kier alpha value is -0.560. The summed E-state index contributed by atoms with van der Waals surface area (Å²) in [6.45, 7) is 2.25. The number of allylic oxidation sites excluding steroid dienone is 8. The van der Waals surface area contributed by atoms with Crippen molar-refractivity contribution in [1.82, 2.24) is 0 Å². The van der Waals surface area contributed by atoms with Crippen LogP contribution >= 0.6 is 15.9 Å². The van der Waals surface area contributed by atoms with Gasteiger partial charge >= 0.3 is 0 Å². The number of halogens is 1. The van der Waals surface area contributed by atoms with Gasteiger partial charge in [-0.3, -0.25) is 0 Å². The smallest absolute Gasteiger partial charge is 0.00342 e. The first-order valence-corrected chi connectivity index (χ1v) is 9.20. The van der Waals surface area contributed by atoms with E-state index >= 15 is 0 Å². The lowest BCUT2D eigenvalue weighted by molar-refractivity contribution is 0.728. The summed E-state index contributed by atoms with van der Waals surface area (Å²) in [7, 11) is 0. The van der Waals surface area contributed by atoms with Crippen molar-refractivity contribution in [1.29, 1.82) is 0 Å². The highest BCUT2D eigenvalue weighted by atomic mass is 79.9. The number of alkyl halides is 1. The first-order valence-electron chi connectivity index (χ1n) is 8.07. The van der Waals surface area contributed by atoms with E-state index in [4.69, 9.17) is 0 Å². The lowest BCUT2D eigenvalue weighted by Crippen LogP contribution is -1.70. The molecule has 0 aromatic carbocycles. The molecule has 0 amide bonds. The Balaban J connectivity index is 3.36. The zero-order valence-electron chi connectivity index (χ0n) is 13.1. The van der Waals surface area contributed by atoms with Gasteiger partial charge in [-0.15, -0.1) is 0 Å². The molecule has 0 aromatic rings. The summed E-state index contributed by atoms with van der Waals surface area (Å²) in [5.41, 5.74) is 0. The number of hydrogen-bond acceptors (Lipinski definition) is 0. The van der Waals surface area contributed by atoms with Crippen molar-refractivity contribution in [3.63, 3.8) is 0 Å². The molecule has 0 aliphatic carbocycles. The number of hydrogen-bond donors (Lipinski definition) is 0. The second kappa shape index (κ2) is 18.4. The van der Waals surface area contributed by atoms with Crippen molar-refractivity contribution in [2.24, 2.45) is 0 Å². The minimum absolute atomic E-state index is 1.05. The molecule has 0 spiro atoms. The molecule has 114 valence electrons. The summed E-state index contributed by atoms with van der Waals surface area (Å²) >= 11 is 3.43. The van der Waals surface area contributed by atoms with Crippen LogP contribution in [-0.4, -0.2) is 5.33 Å². The van der Waals surface area contributed by atoms with Crippen LogP contribution in [0.15, 0.2) is 48.6 Å². The Morgan fingerprint density at radius 1 is 0.600 bits per heavy atom. The maximum absolute atomic E-state index is 3.43. The van der Waals surface area contributed by atoms with Gasteiger partial charge in [-0.1, -0.05) is 84.3 Å². The van der Waals surface area contributed by atoms with Gasteiger partial charge in [-0.2, -0.15) is 0 Å². The average Bonchev–Trinajstić information content (AvgIpc) is 2.47. The highest BCUT2D eigenvalue weighted by Gasteiger charge is 1.81. The molecule has 0 unspecified atom stereocenters. The normalized spacial score (nSPS) is 12.7. The summed E-state index contributed by atoms with van der Waals surface area (Å²) in [5, 5.41) is 1.10. The zero-order chi connectivity index (χ0) is 14.7. The minimum Gasteiger partial charge on any atom is -0.0928 e. The molecule has 0 nitrogen and oxygen atoms in total. The second-order valence-electron chi connectivity index (χ2n) is 4.92. The lowest BCUT2D eigenvalue weighted by Gasteiger charge is -1.90. The van der Waals surface area contributed by atoms with Gasteiger partial charge in [0.1, 0.15) is 0 Å². The third kappa shape index (κ3) is 17.4. The van der Waals surface area contributed by atoms with Crippen molar-refractivity contribution in [3.8, 4) is 0 Å². The lowest BCUT2D eigenvalue weighted by atomic mass is 10.2. The molecular formula is C19H31Br. The van der Waals surface area contributed by atoms with E-state index in [9.17, 15) is 0 Å². The Morgan fingerprint density at radius 3 is 1.50 bits per heavy atom. The molecule has 0 fully saturated rings. The molecule has 0 heterocycles. The van der Waals surface area contributed by atoms with E-state index in [1.54, 1.807) is 0 Å². The van der Waals surface area contributed by atoms with Gasteiger partial charge in [0.05, 0.1) is 0 Å². The molecule has 0 atom stereocenters. The molecule has 0 radical (unpaired) electrons. The fourth-order valence-corrected chi connectivity index (χ4v) is 2.08. The molecule has 0 aliphatic heterocycles. The van der Waals surface area contributed by atoms with E-state index in [1.165, 1.54) is 38.5 Å². The van der Waals surface area contributed by atoms with Crippen molar-refractivity contribution in [2.75, 3.05) is 5.33 Å². The van der Waals surface area contributed by atoms with E-state index in [1.807, 2.05) is 0 Å². The molecule has 0 saturated carbocycles. The van der Waals surface area contributed by atoms with Crippen molar-refractivity contribution >= 4 is 15.9 Å². The van der Waals surface area contributed by atoms with Gasteiger partial charge in [0.25, 0.3) is 0 Å². The fraction of sp³-hybridized carbons (Fsp3) is 0.579. The zero-order valence-corrected chi connectivity index (χ0v) is 14.7. The van der Waals surface area contributed by atoms with E-state index in [0.29, 0.717) is 0 Å². The van der Waals surface area contributed by atoms with Crippen LogP contribution in [0.5, 0.6) is 0 Å². The highest BCUT2D eigenvalue weighted by Crippen LogP contribution is 2.01. The van der Waals surface area contributed by atoms with Gasteiger partial charge in [0.2, 0.25) is 0 Å². The van der Waals surface area contributed by atoms with Gasteiger partial charge in [-0.05, 0) is 44.9 Å². The van der Waals surface area contributed by atoms with Crippen LogP contribution in [0.2, 0.25) is 0 Å². The van der Waals surface area contributed by atoms with Crippen molar-refractivity contribution in [3.05, 3.63) is 48.6 Å². The third-order valence-corrected chi connectivity index (χ3v) is 3.52. The molecule has 0 saturated heterocycles. The standard InChI is InChI=1S/C19H31Br/c1-2-3-4-5-6-7-8-9-10-11-12-13-14-15-16-17-18-19-20/h6-7,9-10,12-13,15-16H,2-5,8,11,14,17-19H2,1H3/b7-6-,10-9-,13-12-,16-15-. The molecule has 0 aromatic heterocycles. The van der Waals surface area contributed by atoms with Gasteiger partial charge in [0.15, 0.2) is 0 Å². The predicted molar refractivity (Wildman–Crippen MR) is 97.6 cm³/mol. The summed E-state index contributed by atoms with van der Waals surface area (Å²) in [6, 6.07) is 0. The summed E-state index contributed by atoms with van der Waals surface area (Å²) in [5.74, 6) is 0. The molecular weight excluding hydrogens is 308 g/mol. The topological polar surface area (TPSA) is 0 Å². The van der Waals surface area contributed by atoms with E-state index in [2.05, 4.69) is 71.5 Å². The Bertz CT molecular complexity index is 284. The maximum Gasteiger partial charge on any atom is 0.00342 e. The first-order chi connectivity index (χ1) is 9.91. The monoisotopic (exact) mass is 338 g/mol. The van der Waals surface area contributed by atoms with E-state index in [0.717, 1.165) is 24.6 Å². The fourth-order valence-electron chi connectivity index (χ4n) is 1.76. The van der Waals surface area contributed by atoms with E-state index in [-0.39, 0.29) is 0 Å². The summed E-state index contributed by atoms with van der Waals surface area (Å²) in [4.78, 5) is 0. The average molecular weight is 339 g/mol. The number of rotatable bonds is 13. The molecule has 0 N–H and O–H groups in total. The number of unbranched alkanes of at least 4 members (excludes halogenated alkanes) is 4. The molecule has 1 heteroatoms. The largest absolute Gasteiger partial charge is 0.0928 e. The van der Waals surface area contributed by atoms with Crippen molar-refractivity contribution < 1.29 is 0 Å². The van der Waals surface area contributed by atoms with Crippen LogP contribution in [0, 0.1) is 0 Å². The quantitative estimate of drug-likeness (QED) is 0.190. The highest BCUT2D eigenvalue weighted by molar-refractivity contribution is 9.09. The Labute approximate surface area is 134 Å². The second-order valence-corrected chi connectivity index (χ2v) is 5.71. The van der Waals surface area contributed by atoms with Crippen molar-refractivity contribution in [2.45, 2.75) is 64.7 Å². The van der Waals surface area contributed by atoms with Crippen LogP contribution < -0.4 is 0 Å². The van der Waals surface area contributed by atoms with Crippen LogP contribution in [0.25, 0.3) is 0 Å². The third-order valence-electron chi connectivity index (χ3n) is 2.96. The van der Waals surface area contributed by atoms with Gasteiger partial charge < -0.3 is 0 Å². The minimum atomic E-state index is 1.05. The van der Waals surface area contributed by atoms with E-state index < -0.39 is 0 Å². The first kappa shape index (κ1) is 19.4. The van der Waals surface area contributed by atoms with Crippen LogP contribution in [0.4, 0.5) is 0 Å². The Morgan fingerprint density at radius 2 is 1.05 bits per heavy atom. The maximum atomic E-state index is 3.43. The summed E-state index contributed by atoms with van der Waals surface area (Å²) in [6.07, 6.45) is 29.0. The molecule has 0 bridgehead atoms. The van der Waals surface area contributed by atoms with Crippen LogP contribution in [0.3, 0.4) is 0 Å². The van der Waals surface area contributed by atoms with Gasteiger partial charge in [-0.25, -0.2) is 0 Å². The van der Waals surface area contributed by atoms with Crippen LogP contribution in [0.1, 0.15) is 64.7 Å². The summed E-state index contributed by atoms with van der Waals surface area (Å²) < 4.78 is 0. The van der Waals surface area contributed by atoms with Crippen LogP contribution in [-0.2, 0) is 0 Å². The molecule has 20 heavy (non-hydrogen) atoms. The predicted octanol–water partition coefficient (Wildman–Crippen LogP) is 7.14. The molecule has 0 rings (SSSR count).